The van der Waals surface area contributed by atoms with Crippen molar-refractivity contribution in [2.75, 3.05) is 32.5 Å². The summed E-state index contributed by atoms with van der Waals surface area (Å²) >= 11 is 3.57. The maximum Gasteiger partial charge on any atom is 0.308 e. The summed E-state index contributed by atoms with van der Waals surface area (Å²) in [4.78, 5) is 18.8. The average Bonchev–Trinajstić information content (AvgIpc) is 3.38. The van der Waals surface area contributed by atoms with Gasteiger partial charge >= 0.3 is 5.97 Å². The van der Waals surface area contributed by atoms with Crippen LogP contribution in [0.1, 0.15) is 30.9 Å². The summed E-state index contributed by atoms with van der Waals surface area (Å²) in [6.45, 7) is 2.38. The zero-order valence-electron chi connectivity index (χ0n) is 19.2. The number of rotatable bonds is 11. The zero-order chi connectivity index (χ0) is 23.9. The number of nitrogens with one attached hydrogen (secondary N) is 1. The minimum atomic E-state index is -0.729. The van der Waals surface area contributed by atoms with Gasteiger partial charge in [0, 0.05) is 30.4 Å². The molecule has 0 radical (unpaired) electrons. The molecule has 3 atom stereocenters. The molecule has 0 amide bonds. The molecule has 1 aromatic carbocycles. The number of hydroxylamine groups is 1. The second kappa shape index (κ2) is 12.0. The van der Waals surface area contributed by atoms with Gasteiger partial charge in [-0.1, -0.05) is 6.07 Å². The Bertz CT molecular complexity index is 1080. The maximum atomic E-state index is 12.1. The van der Waals surface area contributed by atoms with Gasteiger partial charge in [-0.3, -0.25) is 9.78 Å². The Morgan fingerprint density at radius 2 is 2.26 bits per heavy atom. The van der Waals surface area contributed by atoms with Crippen molar-refractivity contribution in [3.8, 4) is 5.75 Å². The highest BCUT2D eigenvalue weighted by molar-refractivity contribution is 8.01. The molecule has 2 aromatic heterocycles. The van der Waals surface area contributed by atoms with Crippen LogP contribution in [0, 0.1) is 11.8 Å². The van der Waals surface area contributed by atoms with Crippen molar-refractivity contribution in [3.63, 3.8) is 0 Å². The van der Waals surface area contributed by atoms with Gasteiger partial charge in [0.25, 0.3) is 0 Å². The highest BCUT2D eigenvalue weighted by Gasteiger charge is 2.34. The Hall–Kier alpha value is -2.17. The van der Waals surface area contributed by atoms with Gasteiger partial charge in [0.05, 0.1) is 28.8 Å². The van der Waals surface area contributed by atoms with Crippen LogP contribution in [-0.2, 0) is 4.79 Å². The van der Waals surface area contributed by atoms with Crippen LogP contribution in [0.15, 0.2) is 52.2 Å². The SMILES string of the molecule is COc1ccc2nccc([C@H](CC[C@@H]3CCN(CCSc4cccs4)C[C@@H]3C(=O)O)NO)c2c1. The quantitative estimate of drug-likeness (QED) is 0.252. The van der Waals surface area contributed by atoms with E-state index >= 15 is 0 Å². The first-order chi connectivity index (χ1) is 16.6. The minimum absolute atomic E-state index is 0.0807. The van der Waals surface area contributed by atoms with E-state index in [-0.39, 0.29) is 12.0 Å². The molecule has 34 heavy (non-hydrogen) atoms. The third-order valence-corrected chi connectivity index (χ3v) is 8.76. The van der Waals surface area contributed by atoms with Gasteiger partial charge in [-0.25, -0.2) is 0 Å². The van der Waals surface area contributed by atoms with Crippen molar-refractivity contribution in [2.24, 2.45) is 11.8 Å². The van der Waals surface area contributed by atoms with Crippen LogP contribution in [0.3, 0.4) is 0 Å². The van der Waals surface area contributed by atoms with Gasteiger partial charge in [-0.15, -0.1) is 23.1 Å². The number of fused-ring (bicyclic) bond motifs is 1. The number of nitrogens with zero attached hydrogens (tertiary/aromatic N) is 2. The molecule has 7 nitrogen and oxygen atoms in total. The Labute approximate surface area is 208 Å². The van der Waals surface area contributed by atoms with Gasteiger partial charge in [0.15, 0.2) is 0 Å². The molecule has 3 aromatic rings. The molecule has 1 saturated heterocycles. The number of carbonyl (C=O) groups is 1. The molecule has 0 bridgehead atoms. The molecule has 0 aliphatic carbocycles. The fraction of sp³-hybridized carbons (Fsp3) is 0.440. The number of thioether (sulfide) groups is 1. The Morgan fingerprint density at radius 3 is 3.00 bits per heavy atom. The summed E-state index contributed by atoms with van der Waals surface area (Å²) < 4.78 is 6.66. The molecule has 1 aliphatic rings. The summed E-state index contributed by atoms with van der Waals surface area (Å²) in [6, 6.07) is 11.5. The van der Waals surface area contributed by atoms with Crippen LogP contribution < -0.4 is 10.2 Å². The maximum absolute atomic E-state index is 12.1. The van der Waals surface area contributed by atoms with Gasteiger partial charge in [0.2, 0.25) is 0 Å². The van der Waals surface area contributed by atoms with Gasteiger partial charge < -0.3 is 20.0 Å². The molecule has 9 heteroatoms. The number of piperidine rings is 1. The van der Waals surface area contributed by atoms with Crippen molar-refractivity contribution < 1.29 is 19.8 Å². The molecule has 182 valence electrons. The van der Waals surface area contributed by atoms with E-state index in [0.29, 0.717) is 13.0 Å². The predicted molar refractivity (Wildman–Crippen MR) is 136 cm³/mol. The van der Waals surface area contributed by atoms with E-state index in [4.69, 9.17) is 4.74 Å². The highest BCUT2D eigenvalue weighted by atomic mass is 32.2. The second-order valence-corrected chi connectivity index (χ2v) is 11.0. The lowest BCUT2D eigenvalue weighted by molar-refractivity contribution is -0.146. The number of ether oxygens (including phenoxy) is 1. The predicted octanol–water partition coefficient (Wildman–Crippen LogP) is 4.92. The first kappa shape index (κ1) is 24.9. The smallest absolute Gasteiger partial charge is 0.308 e. The molecule has 0 spiro atoms. The number of hydrogen-bond donors (Lipinski definition) is 3. The van der Waals surface area contributed by atoms with Gasteiger partial charge in [-0.2, -0.15) is 5.48 Å². The van der Waals surface area contributed by atoms with Crippen LogP contribution in [0.4, 0.5) is 0 Å². The van der Waals surface area contributed by atoms with E-state index in [9.17, 15) is 15.1 Å². The average molecular weight is 502 g/mol. The number of hydrogen-bond acceptors (Lipinski definition) is 8. The Morgan fingerprint density at radius 1 is 1.38 bits per heavy atom. The first-order valence-corrected chi connectivity index (χ1v) is 13.4. The fourth-order valence-electron chi connectivity index (χ4n) is 4.77. The van der Waals surface area contributed by atoms with Gasteiger partial charge in [0.1, 0.15) is 5.75 Å². The summed E-state index contributed by atoms with van der Waals surface area (Å²) in [5, 5.41) is 22.9. The van der Waals surface area contributed by atoms with Crippen molar-refractivity contribution in [1.82, 2.24) is 15.4 Å². The van der Waals surface area contributed by atoms with E-state index in [1.54, 1.807) is 24.6 Å². The summed E-state index contributed by atoms with van der Waals surface area (Å²) in [5.74, 6) is 0.653. The molecule has 0 saturated carbocycles. The number of carboxylic acid groups (broad SMARTS) is 1. The minimum Gasteiger partial charge on any atom is -0.497 e. The van der Waals surface area contributed by atoms with E-state index in [0.717, 1.165) is 53.9 Å². The molecule has 0 unspecified atom stereocenters. The van der Waals surface area contributed by atoms with E-state index in [1.807, 2.05) is 36.0 Å². The second-order valence-electron chi connectivity index (χ2n) is 8.62. The van der Waals surface area contributed by atoms with Crippen molar-refractivity contribution in [2.45, 2.75) is 29.5 Å². The van der Waals surface area contributed by atoms with E-state index in [1.165, 1.54) is 4.21 Å². The molecule has 4 rings (SSSR count). The number of methoxy groups -OCH3 is 1. The van der Waals surface area contributed by atoms with Crippen molar-refractivity contribution in [1.29, 1.82) is 0 Å². The number of thiophene rings is 1. The van der Waals surface area contributed by atoms with Crippen LogP contribution in [0.25, 0.3) is 10.9 Å². The molecular weight excluding hydrogens is 470 g/mol. The number of likely N-dealkylation sites (tertiary alicyclic amines) is 1. The van der Waals surface area contributed by atoms with Crippen LogP contribution in [0.2, 0.25) is 0 Å². The summed E-state index contributed by atoms with van der Waals surface area (Å²) in [7, 11) is 1.62. The highest BCUT2D eigenvalue weighted by Crippen LogP contribution is 2.34. The number of aromatic nitrogens is 1. The number of carboxylic acids is 1. The standard InChI is InChI=1S/C25H31N3O4S2/c1-32-18-5-7-22-20(15-18)19(8-10-26-22)23(27-31)6-4-17-9-11-28(16-21(17)25(29)30)12-14-34-24-3-2-13-33-24/h2-3,5,7-8,10,13,15,17,21,23,27,31H,4,6,9,11-12,14,16H2,1H3,(H,29,30)/t17-,21+,23+/m1/s1. The lowest BCUT2D eigenvalue weighted by atomic mass is 9.81. The molecule has 3 heterocycles. The Kier molecular flexibility index (Phi) is 8.80. The third-order valence-electron chi connectivity index (χ3n) is 6.64. The molecule has 1 fully saturated rings. The van der Waals surface area contributed by atoms with E-state index < -0.39 is 11.9 Å². The first-order valence-electron chi connectivity index (χ1n) is 11.5. The van der Waals surface area contributed by atoms with Crippen LogP contribution >= 0.6 is 23.1 Å². The molecule has 1 aliphatic heterocycles. The van der Waals surface area contributed by atoms with Crippen LogP contribution in [-0.4, -0.2) is 58.7 Å². The molecular formula is C25H31N3O4S2. The van der Waals surface area contributed by atoms with Crippen molar-refractivity contribution >= 4 is 40.0 Å². The largest absolute Gasteiger partial charge is 0.497 e. The van der Waals surface area contributed by atoms with Gasteiger partial charge in [-0.05, 0) is 73.0 Å². The Balaban J connectivity index is 1.38. The number of aliphatic carboxylic acids is 1. The van der Waals surface area contributed by atoms with Crippen molar-refractivity contribution in [3.05, 3.63) is 53.5 Å². The van der Waals surface area contributed by atoms with E-state index in [2.05, 4.69) is 32.9 Å². The fourth-order valence-corrected chi connectivity index (χ4v) is 6.63. The summed E-state index contributed by atoms with van der Waals surface area (Å²) in [5.41, 5.74) is 4.21. The zero-order valence-corrected chi connectivity index (χ0v) is 20.9. The topological polar surface area (TPSA) is 94.9 Å². The lowest BCUT2D eigenvalue weighted by Crippen LogP contribution is -2.44. The normalized spacial score (nSPS) is 19.8. The number of benzene rings is 1. The molecule has 3 N–H and O–H groups in total. The lowest BCUT2D eigenvalue weighted by Gasteiger charge is -2.37. The monoisotopic (exact) mass is 501 g/mol. The number of pyridine rings is 1. The summed E-state index contributed by atoms with van der Waals surface area (Å²) in [6.07, 6.45) is 3.95. The van der Waals surface area contributed by atoms with Crippen LogP contribution in [0.5, 0.6) is 5.75 Å². The third kappa shape index (κ3) is 6.09.